The van der Waals surface area contributed by atoms with E-state index in [1.54, 1.807) is 12.1 Å². The van der Waals surface area contributed by atoms with E-state index in [9.17, 15) is 4.79 Å². The number of nitrogens with two attached hydrogens (primary N) is 1. The van der Waals surface area contributed by atoms with Crippen LogP contribution < -0.4 is 16.0 Å². The zero-order chi connectivity index (χ0) is 15.2. The number of nitriles is 1. The van der Waals surface area contributed by atoms with Crippen molar-refractivity contribution >= 4 is 17.4 Å². The third-order valence-corrected chi connectivity index (χ3v) is 3.29. The molecule has 1 aliphatic rings. The molecule has 0 spiro atoms. The molecular formula is C14H19N5O2. The van der Waals surface area contributed by atoms with E-state index >= 15 is 0 Å². The first-order valence-corrected chi connectivity index (χ1v) is 6.96. The Morgan fingerprint density at radius 1 is 1.67 bits per heavy atom. The zero-order valence-electron chi connectivity index (χ0n) is 12.0. The first kappa shape index (κ1) is 15.1. The minimum Gasteiger partial charge on any atom is -0.396 e. The van der Waals surface area contributed by atoms with Gasteiger partial charge in [0.05, 0.1) is 18.9 Å². The second-order valence-electron chi connectivity index (χ2n) is 4.79. The molecule has 1 unspecified atom stereocenters. The highest BCUT2D eigenvalue weighted by atomic mass is 16.5. The van der Waals surface area contributed by atoms with Gasteiger partial charge in [-0.15, -0.1) is 0 Å². The van der Waals surface area contributed by atoms with Crippen molar-refractivity contribution in [2.24, 2.45) is 0 Å². The number of pyridine rings is 1. The summed E-state index contributed by atoms with van der Waals surface area (Å²) in [4.78, 5) is 18.3. The van der Waals surface area contributed by atoms with Crippen LogP contribution in [-0.2, 0) is 9.53 Å². The maximum absolute atomic E-state index is 12.2. The molecule has 1 amide bonds. The molecule has 0 aliphatic carbocycles. The summed E-state index contributed by atoms with van der Waals surface area (Å²) < 4.78 is 5.40. The van der Waals surface area contributed by atoms with Gasteiger partial charge in [0.1, 0.15) is 17.9 Å². The minimum absolute atomic E-state index is 0.0892. The lowest BCUT2D eigenvalue weighted by Gasteiger charge is -2.35. The summed E-state index contributed by atoms with van der Waals surface area (Å²) in [6.45, 7) is 4.00. The van der Waals surface area contributed by atoms with Crippen molar-refractivity contribution in [1.82, 2.24) is 10.3 Å². The molecule has 1 fully saturated rings. The number of aromatic nitrogens is 1. The number of hydrogen-bond donors (Lipinski definition) is 2. The van der Waals surface area contributed by atoms with Crippen molar-refractivity contribution in [1.29, 1.82) is 5.26 Å². The Morgan fingerprint density at radius 3 is 3.19 bits per heavy atom. The molecule has 7 nitrogen and oxygen atoms in total. The van der Waals surface area contributed by atoms with Gasteiger partial charge in [0.15, 0.2) is 5.69 Å². The summed E-state index contributed by atoms with van der Waals surface area (Å²) >= 11 is 0. The fraction of sp³-hybridized carbons (Fsp3) is 0.500. The second-order valence-corrected chi connectivity index (χ2v) is 4.79. The van der Waals surface area contributed by atoms with Crippen LogP contribution in [0.3, 0.4) is 0 Å². The topological polar surface area (TPSA) is 104 Å². The lowest BCUT2D eigenvalue weighted by atomic mass is 10.2. The largest absolute Gasteiger partial charge is 0.396 e. The van der Waals surface area contributed by atoms with Crippen molar-refractivity contribution in [2.75, 3.05) is 36.9 Å². The first-order chi connectivity index (χ1) is 10.2. The number of nitrogens with zero attached hydrogens (tertiary/aromatic N) is 3. The van der Waals surface area contributed by atoms with Crippen LogP contribution in [0, 0.1) is 11.3 Å². The fourth-order valence-corrected chi connectivity index (χ4v) is 2.17. The Bertz CT molecular complexity index is 555. The van der Waals surface area contributed by atoms with Crippen LogP contribution >= 0.6 is 0 Å². The lowest BCUT2D eigenvalue weighted by molar-refractivity contribution is -0.124. The minimum atomic E-state index is -0.437. The predicted molar refractivity (Wildman–Crippen MR) is 78.6 cm³/mol. The number of carbonyl (C=O) groups is 1. The van der Waals surface area contributed by atoms with Gasteiger partial charge < -0.3 is 20.7 Å². The van der Waals surface area contributed by atoms with Gasteiger partial charge in [0, 0.05) is 13.1 Å². The van der Waals surface area contributed by atoms with E-state index in [2.05, 4.69) is 10.3 Å². The van der Waals surface area contributed by atoms with E-state index in [1.807, 2.05) is 17.9 Å². The van der Waals surface area contributed by atoms with Crippen LogP contribution in [0.1, 0.15) is 19.0 Å². The van der Waals surface area contributed by atoms with Crippen molar-refractivity contribution in [2.45, 2.75) is 19.4 Å². The molecule has 1 saturated heterocycles. The molecule has 3 N–H and O–H groups in total. The smallest absolute Gasteiger partial charge is 0.245 e. The first-order valence-electron chi connectivity index (χ1n) is 6.96. The number of amides is 1. The Balaban J connectivity index is 2.22. The third-order valence-electron chi connectivity index (χ3n) is 3.29. The molecule has 1 aromatic heterocycles. The average Bonchev–Trinajstić information content (AvgIpc) is 2.53. The Morgan fingerprint density at radius 2 is 2.48 bits per heavy atom. The van der Waals surface area contributed by atoms with Crippen LogP contribution in [-0.4, -0.2) is 43.2 Å². The average molecular weight is 289 g/mol. The number of ether oxygens (including phenoxy) is 1. The SMILES string of the molecule is CCCNC(=O)C1COCCN1c1ccc(N)c(C#N)n1. The van der Waals surface area contributed by atoms with Gasteiger partial charge in [0.2, 0.25) is 5.91 Å². The molecule has 0 saturated carbocycles. The van der Waals surface area contributed by atoms with E-state index in [0.29, 0.717) is 37.8 Å². The maximum atomic E-state index is 12.2. The summed E-state index contributed by atoms with van der Waals surface area (Å²) in [7, 11) is 0. The van der Waals surface area contributed by atoms with Crippen molar-refractivity contribution in [3.8, 4) is 6.07 Å². The molecule has 7 heteroatoms. The number of morpholine rings is 1. The monoisotopic (exact) mass is 289 g/mol. The summed E-state index contributed by atoms with van der Waals surface area (Å²) in [6, 6.07) is 4.88. The van der Waals surface area contributed by atoms with Gasteiger partial charge in [0.25, 0.3) is 0 Å². The molecule has 0 radical (unpaired) electrons. The molecule has 112 valence electrons. The zero-order valence-corrected chi connectivity index (χ0v) is 12.0. The van der Waals surface area contributed by atoms with Crippen LogP contribution in [0.25, 0.3) is 0 Å². The Kier molecular flexibility index (Phi) is 4.95. The molecule has 2 rings (SSSR count). The Hall–Kier alpha value is -2.33. The molecule has 1 aliphatic heterocycles. The normalized spacial score (nSPS) is 18.1. The molecule has 2 heterocycles. The predicted octanol–water partition coefficient (Wildman–Crippen LogP) is 0.267. The van der Waals surface area contributed by atoms with Crippen LogP contribution in [0.5, 0.6) is 0 Å². The standard InChI is InChI=1S/C14H19N5O2/c1-2-5-17-14(20)12-9-21-7-6-19(12)13-4-3-10(16)11(8-15)18-13/h3-4,12H,2,5-7,9,16H2,1H3,(H,17,20). The number of nitrogens with one attached hydrogen (secondary N) is 1. The summed E-state index contributed by atoms with van der Waals surface area (Å²) in [5.41, 5.74) is 6.19. The molecule has 0 bridgehead atoms. The number of carbonyl (C=O) groups excluding carboxylic acids is 1. The molecular weight excluding hydrogens is 270 g/mol. The summed E-state index contributed by atoms with van der Waals surface area (Å²) in [6.07, 6.45) is 0.873. The van der Waals surface area contributed by atoms with Gasteiger partial charge in [-0.25, -0.2) is 4.98 Å². The van der Waals surface area contributed by atoms with E-state index in [-0.39, 0.29) is 11.6 Å². The van der Waals surface area contributed by atoms with E-state index in [4.69, 9.17) is 15.7 Å². The van der Waals surface area contributed by atoms with Gasteiger partial charge >= 0.3 is 0 Å². The van der Waals surface area contributed by atoms with Gasteiger partial charge in [-0.1, -0.05) is 6.92 Å². The van der Waals surface area contributed by atoms with Crippen molar-refractivity contribution in [3.05, 3.63) is 17.8 Å². The van der Waals surface area contributed by atoms with E-state index < -0.39 is 6.04 Å². The molecule has 1 aromatic rings. The van der Waals surface area contributed by atoms with Gasteiger partial charge in [-0.05, 0) is 18.6 Å². The highest BCUT2D eigenvalue weighted by Crippen LogP contribution is 2.20. The fourth-order valence-electron chi connectivity index (χ4n) is 2.17. The van der Waals surface area contributed by atoms with Gasteiger partial charge in [-0.2, -0.15) is 5.26 Å². The lowest BCUT2D eigenvalue weighted by Crippen LogP contribution is -2.54. The van der Waals surface area contributed by atoms with Crippen LogP contribution in [0.2, 0.25) is 0 Å². The van der Waals surface area contributed by atoms with Crippen molar-refractivity contribution < 1.29 is 9.53 Å². The highest BCUT2D eigenvalue weighted by molar-refractivity contribution is 5.85. The maximum Gasteiger partial charge on any atom is 0.245 e. The van der Waals surface area contributed by atoms with Crippen molar-refractivity contribution in [3.63, 3.8) is 0 Å². The van der Waals surface area contributed by atoms with E-state index in [1.165, 1.54) is 0 Å². The molecule has 1 atom stereocenters. The second kappa shape index (κ2) is 6.90. The summed E-state index contributed by atoms with van der Waals surface area (Å²) in [5.74, 6) is 0.481. The summed E-state index contributed by atoms with van der Waals surface area (Å²) in [5, 5.41) is 11.9. The third kappa shape index (κ3) is 3.41. The van der Waals surface area contributed by atoms with Gasteiger partial charge in [-0.3, -0.25) is 4.79 Å². The number of hydrogen-bond acceptors (Lipinski definition) is 6. The highest BCUT2D eigenvalue weighted by Gasteiger charge is 2.30. The number of anilines is 2. The number of nitrogen functional groups attached to an aromatic ring is 1. The van der Waals surface area contributed by atoms with Crippen LogP contribution in [0.4, 0.5) is 11.5 Å². The van der Waals surface area contributed by atoms with Crippen LogP contribution in [0.15, 0.2) is 12.1 Å². The molecule has 0 aromatic carbocycles. The quantitative estimate of drug-likeness (QED) is 0.824. The Labute approximate surface area is 123 Å². The molecule has 21 heavy (non-hydrogen) atoms. The van der Waals surface area contributed by atoms with E-state index in [0.717, 1.165) is 6.42 Å². The number of rotatable bonds is 4.